The maximum atomic E-state index is 4.48. The van der Waals surface area contributed by atoms with Crippen LogP contribution in [0.2, 0.25) is 0 Å². The van der Waals surface area contributed by atoms with Crippen LogP contribution in [0.3, 0.4) is 0 Å². The summed E-state index contributed by atoms with van der Waals surface area (Å²) in [5, 5.41) is 7.86. The van der Waals surface area contributed by atoms with Gasteiger partial charge in [-0.2, -0.15) is 5.10 Å². The maximum absolute atomic E-state index is 4.48. The minimum atomic E-state index is 0.382. The zero-order valence-electron chi connectivity index (χ0n) is 8.38. The van der Waals surface area contributed by atoms with Crippen molar-refractivity contribution in [1.29, 1.82) is 0 Å². The van der Waals surface area contributed by atoms with E-state index in [1.165, 1.54) is 18.5 Å². The summed E-state index contributed by atoms with van der Waals surface area (Å²) < 4.78 is 1.99. The highest BCUT2D eigenvalue weighted by Crippen LogP contribution is 2.37. The van der Waals surface area contributed by atoms with E-state index in [1.54, 1.807) is 0 Å². The monoisotopic (exact) mass is 179 g/mol. The molecule has 1 aliphatic rings. The summed E-state index contributed by atoms with van der Waals surface area (Å²) >= 11 is 0. The average molecular weight is 179 g/mol. The summed E-state index contributed by atoms with van der Waals surface area (Å²) in [6.07, 6.45) is 5.72. The standard InChI is InChI=1S/C10H17N3/c1-3-13-7-4-9(12-13)8-10(11-2)5-6-10/h4,7,11H,3,5-6,8H2,1-2H3. The van der Waals surface area contributed by atoms with Gasteiger partial charge in [-0.25, -0.2) is 0 Å². The normalized spacial score (nSPS) is 18.9. The first kappa shape index (κ1) is 8.75. The smallest absolute Gasteiger partial charge is 0.0642 e. The largest absolute Gasteiger partial charge is 0.314 e. The van der Waals surface area contributed by atoms with Crippen LogP contribution in [0.15, 0.2) is 12.3 Å². The lowest BCUT2D eigenvalue weighted by Crippen LogP contribution is -2.29. The lowest BCUT2D eigenvalue weighted by atomic mass is 10.1. The molecule has 1 N–H and O–H groups in total. The van der Waals surface area contributed by atoms with E-state index in [0.29, 0.717) is 5.54 Å². The van der Waals surface area contributed by atoms with Gasteiger partial charge in [0.05, 0.1) is 5.69 Å². The summed E-state index contributed by atoms with van der Waals surface area (Å²) in [6.45, 7) is 3.08. The van der Waals surface area contributed by atoms with Crippen molar-refractivity contribution >= 4 is 0 Å². The molecule has 72 valence electrons. The quantitative estimate of drug-likeness (QED) is 0.752. The molecule has 1 aromatic rings. The third-order valence-corrected chi connectivity index (χ3v) is 2.92. The van der Waals surface area contributed by atoms with Crippen molar-refractivity contribution in [2.75, 3.05) is 7.05 Å². The first-order valence-corrected chi connectivity index (χ1v) is 4.99. The molecule has 0 bridgehead atoms. The van der Waals surface area contributed by atoms with Crippen molar-refractivity contribution < 1.29 is 0 Å². The molecule has 0 atom stereocenters. The molecule has 3 heteroatoms. The number of nitrogens with zero attached hydrogens (tertiary/aromatic N) is 2. The Bertz CT molecular complexity index is 286. The fraction of sp³-hybridized carbons (Fsp3) is 0.700. The molecule has 1 aliphatic carbocycles. The van der Waals surface area contributed by atoms with E-state index < -0.39 is 0 Å². The van der Waals surface area contributed by atoms with E-state index in [2.05, 4.69) is 29.6 Å². The Morgan fingerprint density at radius 3 is 2.85 bits per heavy atom. The molecule has 0 unspecified atom stereocenters. The summed E-state index contributed by atoms with van der Waals surface area (Å²) in [7, 11) is 2.05. The molecule has 1 heterocycles. The van der Waals surface area contributed by atoms with Crippen LogP contribution < -0.4 is 5.32 Å². The lowest BCUT2D eigenvalue weighted by Gasteiger charge is -2.11. The molecule has 1 saturated carbocycles. The average Bonchev–Trinajstić information content (AvgIpc) is 2.77. The number of rotatable bonds is 4. The van der Waals surface area contributed by atoms with Gasteiger partial charge in [-0.3, -0.25) is 4.68 Å². The van der Waals surface area contributed by atoms with Crippen LogP contribution in [0.1, 0.15) is 25.5 Å². The Hall–Kier alpha value is -0.830. The third kappa shape index (κ3) is 1.75. The second kappa shape index (κ2) is 3.14. The summed E-state index contributed by atoms with van der Waals surface area (Å²) in [6, 6.07) is 2.13. The highest BCUT2D eigenvalue weighted by Gasteiger charge is 2.41. The molecular weight excluding hydrogens is 162 g/mol. The van der Waals surface area contributed by atoms with Crippen LogP contribution in [0.25, 0.3) is 0 Å². The first-order valence-electron chi connectivity index (χ1n) is 4.99. The van der Waals surface area contributed by atoms with Gasteiger partial charge in [0.1, 0.15) is 0 Å². The van der Waals surface area contributed by atoms with Crippen molar-refractivity contribution in [3.63, 3.8) is 0 Å². The van der Waals surface area contributed by atoms with Gasteiger partial charge >= 0.3 is 0 Å². The molecule has 0 spiro atoms. The van der Waals surface area contributed by atoms with Gasteiger partial charge in [0, 0.05) is 24.7 Å². The van der Waals surface area contributed by atoms with Gasteiger partial charge in [0.2, 0.25) is 0 Å². The maximum Gasteiger partial charge on any atom is 0.0642 e. The van der Waals surface area contributed by atoms with Gasteiger partial charge < -0.3 is 5.32 Å². The number of hydrogen-bond acceptors (Lipinski definition) is 2. The highest BCUT2D eigenvalue weighted by atomic mass is 15.3. The molecule has 0 radical (unpaired) electrons. The molecule has 0 aliphatic heterocycles. The number of likely N-dealkylation sites (N-methyl/N-ethyl adjacent to an activating group) is 1. The van der Waals surface area contributed by atoms with Crippen LogP contribution in [-0.2, 0) is 13.0 Å². The first-order chi connectivity index (χ1) is 6.28. The van der Waals surface area contributed by atoms with Crippen molar-refractivity contribution in [3.8, 4) is 0 Å². The third-order valence-electron chi connectivity index (χ3n) is 2.92. The van der Waals surface area contributed by atoms with Crippen molar-refractivity contribution in [3.05, 3.63) is 18.0 Å². The van der Waals surface area contributed by atoms with Crippen molar-refractivity contribution in [2.24, 2.45) is 0 Å². The molecule has 3 nitrogen and oxygen atoms in total. The SMILES string of the molecule is CCn1ccc(CC2(NC)CC2)n1. The summed E-state index contributed by atoms with van der Waals surface area (Å²) in [5.41, 5.74) is 1.60. The fourth-order valence-corrected chi connectivity index (χ4v) is 1.69. The van der Waals surface area contributed by atoms with Crippen LogP contribution >= 0.6 is 0 Å². The van der Waals surface area contributed by atoms with Gasteiger partial charge in [-0.15, -0.1) is 0 Å². The molecule has 0 saturated heterocycles. The molecule has 0 amide bonds. The zero-order valence-corrected chi connectivity index (χ0v) is 8.38. The summed E-state index contributed by atoms with van der Waals surface area (Å²) in [4.78, 5) is 0. The number of aromatic nitrogens is 2. The highest BCUT2D eigenvalue weighted by molar-refractivity contribution is 5.12. The van der Waals surface area contributed by atoms with E-state index in [1.807, 2.05) is 11.7 Å². The van der Waals surface area contributed by atoms with E-state index in [-0.39, 0.29) is 0 Å². The Balaban J connectivity index is 2.01. The van der Waals surface area contributed by atoms with Crippen molar-refractivity contribution in [2.45, 2.75) is 38.3 Å². The second-order valence-corrected chi connectivity index (χ2v) is 3.87. The van der Waals surface area contributed by atoms with Gasteiger partial charge in [-0.1, -0.05) is 0 Å². The molecular formula is C10H17N3. The predicted octanol–water partition coefficient (Wildman–Crippen LogP) is 1.20. The van der Waals surface area contributed by atoms with Gasteiger partial charge in [0.15, 0.2) is 0 Å². The van der Waals surface area contributed by atoms with Crippen molar-refractivity contribution in [1.82, 2.24) is 15.1 Å². The Morgan fingerprint density at radius 1 is 1.62 bits per heavy atom. The number of nitrogens with one attached hydrogen (secondary N) is 1. The molecule has 2 rings (SSSR count). The van der Waals surface area contributed by atoms with Crippen LogP contribution in [0.4, 0.5) is 0 Å². The fourth-order valence-electron chi connectivity index (χ4n) is 1.69. The predicted molar refractivity (Wildman–Crippen MR) is 52.6 cm³/mol. The second-order valence-electron chi connectivity index (χ2n) is 3.87. The minimum absolute atomic E-state index is 0.382. The summed E-state index contributed by atoms with van der Waals surface area (Å²) in [5.74, 6) is 0. The van der Waals surface area contributed by atoms with E-state index in [9.17, 15) is 0 Å². The molecule has 1 fully saturated rings. The molecule has 1 aromatic heterocycles. The van der Waals surface area contributed by atoms with E-state index in [4.69, 9.17) is 0 Å². The topological polar surface area (TPSA) is 29.9 Å². The Kier molecular flexibility index (Phi) is 2.12. The Morgan fingerprint density at radius 2 is 2.38 bits per heavy atom. The van der Waals surface area contributed by atoms with E-state index in [0.717, 1.165) is 13.0 Å². The minimum Gasteiger partial charge on any atom is -0.314 e. The van der Waals surface area contributed by atoms with Crippen LogP contribution in [0, 0.1) is 0 Å². The van der Waals surface area contributed by atoms with Gasteiger partial charge in [0.25, 0.3) is 0 Å². The van der Waals surface area contributed by atoms with Crippen LogP contribution in [-0.4, -0.2) is 22.4 Å². The van der Waals surface area contributed by atoms with E-state index >= 15 is 0 Å². The van der Waals surface area contributed by atoms with Crippen LogP contribution in [0.5, 0.6) is 0 Å². The number of hydrogen-bond donors (Lipinski definition) is 1. The lowest BCUT2D eigenvalue weighted by molar-refractivity contribution is 0.533. The Labute approximate surface area is 79.1 Å². The van der Waals surface area contributed by atoms with Gasteiger partial charge in [-0.05, 0) is 32.9 Å². The number of aryl methyl sites for hydroxylation is 1. The molecule has 13 heavy (non-hydrogen) atoms. The molecule has 0 aromatic carbocycles. The zero-order chi connectivity index (χ0) is 9.31.